The van der Waals surface area contributed by atoms with Crippen molar-refractivity contribution in [1.82, 2.24) is 14.9 Å². The summed E-state index contributed by atoms with van der Waals surface area (Å²) in [7, 11) is 4.10. The maximum atomic E-state index is 4.93. The van der Waals surface area contributed by atoms with Gasteiger partial charge in [-0.2, -0.15) is 0 Å². The van der Waals surface area contributed by atoms with E-state index >= 15 is 0 Å². The van der Waals surface area contributed by atoms with Gasteiger partial charge in [0.05, 0.1) is 22.4 Å². The van der Waals surface area contributed by atoms with Gasteiger partial charge < -0.3 is 4.90 Å². The summed E-state index contributed by atoms with van der Waals surface area (Å²) in [4.78, 5) is 12.0. The number of aromatic nitrogens is 2. The smallest absolute Gasteiger partial charge is 0.0967 e. The maximum absolute atomic E-state index is 4.93. The quantitative estimate of drug-likeness (QED) is 0.496. The minimum absolute atomic E-state index is 0.868. The fourth-order valence-electron chi connectivity index (χ4n) is 3.13. The van der Waals surface area contributed by atoms with Crippen molar-refractivity contribution in [3.63, 3.8) is 0 Å². The zero-order valence-corrected chi connectivity index (χ0v) is 15.5. The molecule has 3 aromatic carbocycles. The molecule has 0 unspecified atom stereocenters. The number of fused-ring (bicyclic) bond motifs is 1. The Hall–Kier alpha value is -3.46. The van der Waals surface area contributed by atoms with Gasteiger partial charge in [0.25, 0.3) is 0 Å². The maximum Gasteiger partial charge on any atom is 0.0967 e. The van der Waals surface area contributed by atoms with Gasteiger partial charge >= 0.3 is 0 Å². The van der Waals surface area contributed by atoms with Gasteiger partial charge in [-0.3, -0.25) is 0 Å². The fourth-order valence-corrected chi connectivity index (χ4v) is 3.13. The lowest BCUT2D eigenvalue weighted by atomic mass is 10.1. The Morgan fingerprint density at radius 1 is 0.704 bits per heavy atom. The van der Waals surface area contributed by atoms with E-state index in [-0.39, 0.29) is 0 Å². The van der Waals surface area contributed by atoms with Crippen molar-refractivity contribution >= 4 is 22.8 Å². The number of hydrogen-bond acceptors (Lipinski definition) is 3. The molecule has 27 heavy (non-hydrogen) atoms. The molecule has 4 aromatic rings. The van der Waals surface area contributed by atoms with Crippen molar-refractivity contribution in [2.75, 3.05) is 14.1 Å². The van der Waals surface area contributed by atoms with Gasteiger partial charge in [-0.25, -0.2) is 9.97 Å². The van der Waals surface area contributed by atoms with Crippen LogP contribution in [0.4, 0.5) is 0 Å². The summed E-state index contributed by atoms with van der Waals surface area (Å²) in [6.07, 6.45) is 2.12. The van der Waals surface area contributed by atoms with Crippen molar-refractivity contribution < 1.29 is 0 Å². The molecule has 1 heterocycles. The first-order valence-corrected chi connectivity index (χ1v) is 8.99. The van der Waals surface area contributed by atoms with Crippen molar-refractivity contribution in [3.05, 3.63) is 96.2 Å². The van der Waals surface area contributed by atoms with Gasteiger partial charge in [-0.05, 0) is 23.8 Å². The predicted molar refractivity (Wildman–Crippen MR) is 113 cm³/mol. The lowest BCUT2D eigenvalue weighted by Gasteiger charge is -2.18. The molecule has 132 valence electrons. The molecule has 4 rings (SSSR count). The van der Waals surface area contributed by atoms with E-state index in [1.807, 2.05) is 48.5 Å². The van der Waals surface area contributed by atoms with Crippen molar-refractivity contribution in [1.29, 1.82) is 0 Å². The summed E-state index contributed by atoms with van der Waals surface area (Å²) >= 11 is 0. The molecule has 0 spiro atoms. The first kappa shape index (κ1) is 17.0. The highest BCUT2D eigenvalue weighted by atomic mass is 15.1. The number of para-hydroxylation sites is 2. The average molecular weight is 351 g/mol. The van der Waals surface area contributed by atoms with Gasteiger partial charge in [-0.15, -0.1) is 0 Å². The molecule has 0 radical (unpaired) electrons. The Bertz CT molecular complexity index is 1080. The van der Waals surface area contributed by atoms with E-state index in [0.717, 1.165) is 39.2 Å². The van der Waals surface area contributed by atoms with Crippen LogP contribution in [0.15, 0.2) is 84.9 Å². The lowest BCUT2D eigenvalue weighted by Crippen LogP contribution is -2.10. The number of rotatable bonds is 4. The van der Waals surface area contributed by atoms with Crippen molar-refractivity contribution in [3.8, 4) is 11.3 Å². The van der Waals surface area contributed by atoms with Crippen LogP contribution in [0.5, 0.6) is 0 Å². The highest BCUT2D eigenvalue weighted by Gasteiger charge is 2.12. The van der Waals surface area contributed by atoms with Gasteiger partial charge in [0, 0.05) is 25.4 Å². The first-order valence-electron chi connectivity index (χ1n) is 8.99. The van der Waals surface area contributed by atoms with Crippen molar-refractivity contribution in [2.45, 2.75) is 0 Å². The topological polar surface area (TPSA) is 29.0 Å². The van der Waals surface area contributed by atoms with Gasteiger partial charge in [0.1, 0.15) is 0 Å². The Balaban J connectivity index is 1.96. The highest BCUT2D eigenvalue weighted by molar-refractivity contribution is 5.87. The Kier molecular flexibility index (Phi) is 4.67. The largest absolute Gasteiger partial charge is 0.377 e. The Labute approximate surface area is 159 Å². The average Bonchev–Trinajstić information content (AvgIpc) is 2.72. The summed E-state index contributed by atoms with van der Waals surface area (Å²) in [6.45, 7) is 0. The zero-order valence-electron chi connectivity index (χ0n) is 15.5. The van der Waals surface area contributed by atoms with Crippen LogP contribution < -0.4 is 0 Å². The van der Waals surface area contributed by atoms with E-state index in [9.17, 15) is 0 Å². The number of hydrogen-bond donors (Lipinski definition) is 0. The molecule has 0 aliphatic carbocycles. The van der Waals surface area contributed by atoms with Gasteiger partial charge in [0.2, 0.25) is 0 Å². The third-order valence-electron chi connectivity index (χ3n) is 4.47. The SMILES string of the molecule is CN(C)C(=Cc1nc2ccccc2nc1-c1ccccc1)c1ccccc1. The third-order valence-corrected chi connectivity index (χ3v) is 4.47. The minimum atomic E-state index is 0.868. The van der Waals surface area contributed by atoms with E-state index in [4.69, 9.17) is 9.97 Å². The van der Waals surface area contributed by atoms with Crippen LogP contribution in [0, 0.1) is 0 Å². The predicted octanol–water partition coefficient (Wildman–Crippen LogP) is 5.36. The molecule has 0 atom stereocenters. The van der Waals surface area contributed by atoms with Crippen LogP contribution >= 0.6 is 0 Å². The zero-order chi connectivity index (χ0) is 18.6. The summed E-state index contributed by atoms with van der Waals surface area (Å²) in [6, 6.07) is 28.6. The van der Waals surface area contributed by atoms with Crippen LogP contribution in [0.25, 0.3) is 34.1 Å². The molecule has 0 saturated heterocycles. The van der Waals surface area contributed by atoms with E-state index in [1.54, 1.807) is 0 Å². The Morgan fingerprint density at radius 3 is 1.89 bits per heavy atom. The lowest BCUT2D eigenvalue weighted by molar-refractivity contribution is 0.595. The van der Waals surface area contributed by atoms with Gasteiger partial charge in [0.15, 0.2) is 0 Å². The molecule has 0 bridgehead atoms. The van der Waals surface area contributed by atoms with E-state index in [0.29, 0.717) is 0 Å². The molecule has 0 aliphatic heterocycles. The Morgan fingerprint density at radius 2 is 1.26 bits per heavy atom. The summed E-state index contributed by atoms with van der Waals surface area (Å²) in [5.41, 5.74) is 6.87. The van der Waals surface area contributed by atoms with E-state index in [2.05, 4.69) is 61.5 Å². The van der Waals surface area contributed by atoms with Gasteiger partial charge in [-0.1, -0.05) is 72.8 Å². The summed E-state index contributed by atoms with van der Waals surface area (Å²) < 4.78 is 0. The second kappa shape index (κ2) is 7.42. The fraction of sp³-hybridized carbons (Fsp3) is 0.0833. The van der Waals surface area contributed by atoms with Crippen LogP contribution in [0.2, 0.25) is 0 Å². The number of benzene rings is 3. The van der Waals surface area contributed by atoms with Crippen LogP contribution in [0.1, 0.15) is 11.3 Å². The molecule has 3 heteroatoms. The molecule has 0 amide bonds. The molecule has 0 N–H and O–H groups in total. The monoisotopic (exact) mass is 351 g/mol. The molecular weight excluding hydrogens is 330 g/mol. The second-order valence-electron chi connectivity index (χ2n) is 6.60. The normalized spacial score (nSPS) is 11.6. The molecule has 1 aromatic heterocycles. The first-order chi connectivity index (χ1) is 13.2. The van der Waals surface area contributed by atoms with E-state index in [1.165, 1.54) is 0 Å². The minimum Gasteiger partial charge on any atom is -0.377 e. The van der Waals surface area contributed by atoms with Crippen LogP contribution in [0.3, 0.4) is 0 Å². The second-order valence-corrected chi connectivity index (χ2v) is 6.60. The molecule has 3 nitrogen and oxygen atoms in total. The van der Waals surface area contributed by atoms with Crippen LogP contribution in [-0.2, 0) is 0 Å². The van der Waals surface area contributed by atoms with Crippen molar-refractivity contribution in [2.24, 2.45) is 0 Å². The molecule has 0 saturated carbocycles. The molecule has 0 aliphatic rings. The number of nitrogens with zero attached hydrogens (tertiary/aromatic N) is 3. The molecular formula is C24H21N3. The summed E-state index contributed by atoms with van der Waals surface area (Å²) in [5.74, 6) is 0. The van der Waals surface area contributed by atoms with Crippen LogP contribution in [-0.4, -0.2) is 29.0 Å². The van der Waals surface area contributed by atoms with E-state index < -0.39 is 0 Å². The molecule has 0 fully saturated rings. The standard InChI is InChI=1S/C24H21N3/c1-27(2)23(18-11-5-3-6-12-18)17-22-24(19-13-7-4-8-14-19)26-21-16-10-9-15-20(21)25-22/h3-17H,1-2H3. The summed E-state index contributed by atoms with van der Waals surface area (Å²) in [5, 5.41) is 0. The highest BCUT2D eigenvalue weighted by Crippen LogP contribution is 2.27. The third kappa shape index (κ3) is 3.58.